The van der Waals surface area contributed by atoms with Gasteiger partial charge < -0.3 is 0 Å². The van der Waals surface area contributed by atoms with Crippen molar-refractivity contribution >= 4 is 22.6 Å². The third kappa shape index (κ3) is 10.2. The van der Waals surface area contributed by atoms with Crippen molar-refractivity contribution in [2.75, 3.05) is 5.75 Å². The normalized spacial score (nSPS) is 15.1. The van der Waals surface area contributed by atoms with Crippen LogP contribution in [0.5, 0.6) is 0 Å². The monoisotopic (exact) mass is 220 g/mol. The number of unbranched alkanes of at least 4 members (excludes halogenated alkanes) is 1. The lowest BCUT2D eigenvalue weighted by molar-refractivity contribution is 0.685. The largest absolute Gasteiger partial charge is 0.255 e. The smallest absolute Gasteiger partial charge is 0.0461 e. The van der Waals surface area contributed by atoms with Gasteiger partial charge in [0.15, 0.2) is 0 Å². The molecular weight excluding hydrogens is 200 g/mol. The van der Waals surface area contributed by atoms with Gasteiger partial charge in [0.2, 0.25) is 0 Å². The summed E-state index contributed by atoms with van der Waals surface area (Å²) in [6, 6.07) is 0. The SMILES string of the molecule is CCCC[S@@](=O)/C=C/SC(C)(C)C. The number of thioether (sulfide) groups is 1. The van der Waals surface area contributed by atoms with Crippen molar-refractivity contribution in [3.05, 3.63) is 10.8 Å². The van der Waals surface area contributed by atoms with Crippen molar-refractivity contribution in [2.24, 2.45) is 0 Å². The van der Waals surface area contributed by atoms with Crippen LogP contribution in [-0.2, 0) is 10.8 Å². The second-order valence-corrected chi connectivity index (χ2v) is 7.12. The Morgan fingerprint density at radius 1 is 1.38 bits per heavy atom. The van der Waals surface area contributed by atoms with Crippen molar-refractivity contribution in [3.8, 4) is 0 Å². The van der Waals surface area contributed by atoms with E-state index in [1.54, 1.807) is 11.8 Å². The molecule has 0 unspecified atom stereocenters. The lowest BCUT2D eigenvalue weighted by Gasteiger charge is -2.13. The van der Waals surface area contributed by atoms with Gasteiger partial charge in [0.1, 0.15) is 0 Å². The first kappa shape index (κ1) is 13.2. The van der Waals surface area contributed by atoms with E-state index in [0.29, 0.717) is 0 Å². The Kier molecular flexibility index (Phi) is 6.78. The summed E-state index contributed by atoms with van der Waals surface area (Å²) in [7, 11) is -0.756. The second kappa shape index (κ2) is 6.66. The molecule has 0 heterocycles. The van der Waals surface area contributed by atoms with Crippen LogP contribution < -0.4 is 0 Å². The van der Waals surface area contributed by atoms with Crippen LogP contribution in [0.15, 0.2) is 10.8 Å². The Balaban J connectivity index is 3.66. The molecule has 0 amide bonds. The fourth-order valence-electron chi connectivity index (χ4n) is 0.649. The minimum absolute atomic E-state index is 0.228. The highest BCUT2D eigenvalue weighted by atomic mass is 32.2. The van der Waals surface area contributed by atoms with Crippen molar-refractivity contribution in [3.63, 3.8) is 0 Å². The van der Waals surface area contributed by atoms with Gasteiger partial charge in [-0.25, -0.2) is 0 Å². The van der Waals surface area contributed by atoms with Crippen molar-refractivity contribution in [1.82, 2.24) is 0 Å². The first-order chi connectivity index (χ1) is 5.95. The summed E-state index contributed by atoms with van der Waals surface area (Å²) in [5.41, 5.74) is 0. The summed E-state index contributed by atoms with van der Waals surface area (Å²) in [6.07, 6.45) is 2.17. The molecule has 0 N–H and O–H groups in total. The van der Waals surface area contributed by atoms with Crippen LogP contribution in [0.4, 0.5) is 0 Å². The maximum atomic E-state index is 11.3. The summed E-state index contributed by atoms with van der Waals surface area (Å²) in [5.74, 6) is 0.803. The highest BCUT2D eigenvalue weighted by Gasteiger charge is 2.07. The summed E-state index contributed by atoms with van der Waals surface area (Å²) >= 11 is 1.72. The highest BCUT2D eigenvalue weighted by molar-refractivity contribution is 8.04. The van der Waals surface area contributed by atoms with Crippen LogP contribution in [0, 0.1) is 0 Å². The summed E-state index contributed by atoms with van der Waals surface area (Å²) in [4.78, 5) is 0. The molecule has 0 saturated carbocycles. The quantitative estimate of drug-likeness (QED) is 0.705. The summed E-state index contributed by atoms with van der Waals surface area (Å²) < 4.78 is 11.5. The molecule has 0 aromatic rings. The number of hydrogen-bond donors (Lipinski definition) is 0. The maximum Gasteiger partial charge on any atom is 0.0461 e. The van der Waals surface area contributed by atoms with Gasteiger partial charge in [-0.1, -0.05) is 34.1 Å². The molecular formula is C10H20OS2. The predicted octanol–water partition coefficient (Wildman–Crippen LogP) is 3.54. The minimum atomic E-state index is -0.756. The Bertz CT molecular complexity index is 180. The molecule has 0 aromatic heterocycles. The Morgan fingerprint density at radius 3 is 2.46 bits per heavy atom. The van der Waals surface area contributed by atoms with Crippen LogP contribution >= 0.6 is 11.8 Å². The van der Waals surface area contributed by atoms with Crippen LogP contribution in [0.3, 0.4) is 0 Å². The van der Waals surface area contributed by atoms with Crippen LogP contribution in [0.25, 0.3) is 0 Å². The van der Waals surface area contributed by atoms with Gasteiger partial charge in [-0.05, 0) is 11.8 Å². The molecule has 13 heavy (non-hydrogen) atoms. The van der Waals surface area contributed by atoms with Crippen LogP contribution in [0.1, 0.15) is 40.5 Å². The zero-order valence-corrected chi connectivity index (χ0v) is 10.6. The van der Waals surface area contributed by atoms with E-state index < -0.39 is 10.8 Å². The van der Waals surface area contributed by atoms with Gasteiger partial charge in [0.05, 0.1) is 0 Å². The molecule has 0 fully saturated rings. The molecule has 0 aliphatic heterocycles. The number of hydrogen-bond acceptors (Lipinski definition) is 2. The van der Waals surface area contributed by atoms with E-state index in [-0.39, 0.29) is 4.75 Å². The molecule has 0 saturated heterocycles. The molecule has 0 aromatic carbocycles. The Labute approximate surface area is 88.8 Å². The zero-order chi connectivity index (χ0) is 10.3. The zero-order valence-electron chi connectivity index (χ0n) is 9.00. The molecule has 1 atom stereocenters. The highest BCUT2D eigenvalue weighted by Crippen LogP contribution is 2.24. The predicted molar refractivity (Wildman–Crippen MR) is 64.4 cm³/mol. The van der Waals surface area contributed by atoms with Gasteiger partial charge in [-0.2, -0.15) is 0 Å². The second-order valence-electron chi connectivity index (χ2n) is 3.94. The van der Waals surface area contributed by atoms with Crippen LogP contribution in [0.2, 0.25) is 0 Å². The molecule has 0 radical (unpaired) electrons. The van der Waals surface area contributed by atoms with Crippen LogP contribution in [-0.4, -0.2) is 14.7 Å². The Morgan fingerprint density at radius 2 is 2.00 bits per heavy atom. The van der Waals surface area contributed by atoms with Crippen molar-refractivity contribution in [2.45, 2.75) is 45.3 Å². The molecule has 0 spiro atoms. The van der Waals surface area contributed by atoms with E-state index in [1.807, 2.05) is 10.8 Å². The van der Waals surface area contributed by atoms with Crippen molar-refractivity contribution in [1.29, 1.82) is 0 Å². The first-order valence-electron chi connectivity index (χ1n) is 4.67. The van der Waals surface area contributed by atoms with Crippen molar-refractivity contribution < 1.29 is 4.21 Å². The number of rotatable bonds is 5. The molecule has 0 rings (SSSR count). The third-order valence-electron chi connectivity index (χ3n) is 1.33. The standard InChI is InChI=1S/C10H20OS2/c1-5-6-8-13(11)9-7-12-10(2,3)4/h7,9H,5-6,8H2,1-4H3/b9-7+/t13-/m1/s1. The fourth-order valence-corrected chi connectivity index (χ4v) is 2.48. The van der Waals surface area contributed by atoms with E-state index in [2.05, 4.69) is 27.7 Å². The van der Waals surface area contributed by atoms with Gasteiger partial charge in [-0.15, -0.1) is 11.8 Å². The van der Waals surface area contributed by atoms with Gasteiger partial charge >= 0.3 is 0 Å². The Hall–Kier alpha value is 0.240. The topological polar surface area (TPSA) is 17.1 Å². The first-order valence-corrected chi connectivity index (χ1v) is 6.93. The van der Waals surface area contributed by atoms with Gasteiger partial charge in [0.25, 0.3) is 0 Å². The van der Waals surface area contributed by atoms with E-state index in [4.69, 9.17) is 0 Å². The molecule has 3 heteroatoms. The minimum Gasteiger partial charge on any atom is -0.255 e. The van der Waals surface area contributed by atoms with E-state index in [9.17, 15) is 4.21 Å². The summed E-state index contributed by atoms with van der Waals surface area (Å²) in [6.45, 7) is 8.57. The van der Waals surface area contributed by atoms with Gasteiger partial charge in [-0.3, -0.25) is 4.21 Å². The third-order valence-corrected chi connectivity index (χ3v) is 3.61. The van der Waals surface area contributed by atoms with E-state index in [0.717, 1.165) is 18.6 Å². The molecule has 1 nitrogen and oxygen atoms in total. The lowest BCUT2D eigenvalue weighted by atomic mass is 10.3. The average Bonchev–Trinajstić information content (AvgIpc) is 1.98. The maximum absolute atomic E-state index is 11.3. The van der Waals surface area contributed by atoms with E-state index in [1.165, 1.54) is 0 Å². The van der Waals surface area contributed by atoms with Gasteiger partial charge in [0, 0.05) is 26.7 Å². The fraction of sp³-hybridized carbons (Fsp3) is 0.800. The van der Waals surface area contributed by atoms with E-state index >= 15 is 0 Å². The molecule has 0 bridgehead atoms. The molecule has 0 aliphatic carbocycles. The molecule has 0 aliphatic rings. The molecule has 78 valence electrons. The summed E-state index contributed by atoms with van der Waals surface area (Å²) in [5, 5.41) is 3.78. The average molecular weight is 220 g/mol. The lowest BCUT2D eigenvalue weighted by Crippen LogP contribution is -2.04.